The molecule has 0 aliphatic rings. The largest absolute Gasteiger partial charge is 0.394 e. The van der Waals surface area contributed by atoms with Crippen molar-refractivity contribution in [3.63, 3.8) is 0 Å². The van der Waals surface area contributed by atoms with Crippen molar-refractivity contribution in [1.29, 1.82) is 0 Å². The number of hydrogen-bond donors (Lipinski definition) is 6. The Kier molecular flexibility index (Phi) is 9.31. The molecular formula is C23H26F6O6. The highest BCUT2D eigenvalue weighted by atomic mass is 19.2. The van der Waals surface area contributed by atoms with Gasteiger partial charge in [-0.2, -0.15) is 0 Å². The lowest BCUT2D eigenvalue weighted by atomic mass is 9.71. The molecule has 0 aromatic heterocycles. The van der Waals surface area contributed by atoms with Gasteiger partial charge in [0.2, 0.25) is 0 Å². The smallest absolute Gasteiger partial charge is 0.165 e. The van der Waals surface area contributed by atoms with Gasteiger partial charge in [0.25, 0.3) is 0 Å². The first-order valence-corrected chi connectivity index (χ1v) is 10.6. The molecule has 0 spiro atoms. The first-order valence-electron chi connectivity index (χ1n) is 10.6. The fourth-order valence-corrected chi connectivity index (χ4v) is 4.07. The van der Waals surface area contributed by atoms with E-state index in [1.165, 1.54) is 6.92 Å². The monoisotopic (exact) mass is 512 g/mol. The predicted molar refractivity (Wildman–Crippen MR) is 110 cm³/mol. The van der Waals surface area contributed by atoms with Gasteiger partial charge in [0, 0.05) is 24.0 Å². The number of halogens is 6. The van der Waals surface area contributed by atoms with Gasteiger partial charge in [0.1, 0.15) is 35.5 Å². The lowest BCUT2D eigenvalue weighted by Gasteiger charge is -2.46. The third kappa shape index (κ3) is 5.79. The fraction of sp³-hybridized carbons (Fsp3) is 0.478. The van der Waals surface area contributed by atoms with Crippen molar-refractivity contribution in [2.24, 2.45) is 0 Å². The Morgan fingerprint density at radius 1 is 0.743 bits per heavy atom. The third-order valence-electron chi connectivity index (χ3n) is 5.95. The number of rotatable bonds is 11. The van der Waals surface area contributed by atoms with Crippen LogP contribution in [-0.4, -0.2) is 66.8 Å². The highest BCUT2D eigenvalue weighted by Crippen LogP contribution is 2.37. The highest BCUT2D eigenvalue weighted by Gasteiger charge is 2.55. The van der Waals surface area contributed by atoms with E-state index in [9.17, 15) is 57.0 Å². The summed E-state index contributed by atoms with van der Waals surface area (Å²) in [6.45, 7) is 0.212. The average Bonchev–Trinajstić information content (AvgIpc) is 2.83. The van der Waals surface area contributed by atoms with Gasteiger partial charge in [-0.05, 0) is 30.7 Å². The van der Waals surface area contributed by atoms with Gasteiger partial charge >= 0.3 is 0 Å². The van der Waals surface area contributed by atoms with Crippen LogP contribution in [0.25, 0.3) is 0 Å². The summed E-state index contributed by atoms with van der Waals surface area (Å²) >= 11 is 0. The topological polar surface area (TPSA) is 121 Å². The van der Waals surface area contributed by atoms with Gasteiger partial charge in [0.15, 0.2) is 23.3 Å². The first-order chi connectivity index (χ1) is 16.2. The van der Waals surface area contributed by atoms with Gasteiger partial charge in [-0.1, -0.05) is 13.3 Å². The van der Waals surface area contributed by atoms with Crippen molar-refractivity contribution in [3.05, 3.63) is 70.3 Å². The Balaban J connectivity index is 2.67. The second kappa shape index (κ2) is 11.2. The lowest BCUT2D eigenvalue weighted by Crippen LogP contribution is -2.66. The van der Waals surface area contributed by atoms with Crippen molar-refractivity contribution in [2.45, 2.75) is 62.1 Å². The first kappa shape index (κ1) is 29.0. The van der Waals surface area contributed by atoms with Gasteiger partial charge < -0.3 is 30.6 Å². The quantitative estimate of drug-likeness (QED) is 0.201. The fourth-order valence-electron chi connectivity index (χ4n) is 4.07. The molecule has 0 radical (unpaired) electrons. The molecule has 0 aliphatic heterocycles. The van der Waals surface area contributed by atoms with E-state index in [1.807, 2.05) is 0 Å². The van der Waals surface area contributed by atoms with Crippen LogP contribution in [0.3, 0.4) is 0 Å². The Labute approximate surface area is 196 Å². The maximum atomic E-state index is 14.3. The average molecular weight is 512 g/mol. The van der Waals surface area contributed by atoms with Crippen LogP contribution in [0, 0.1) is 34.9 Å². The van der Waals surface area contributed by atoms with E-state index in [4.69, 9.17) is 0 Å². The molecule has 6 N–H and O–H groups in total. The molecule has 6 nitrogen and oxygen atoms in total. The molecule has 196 valence electrons. The molecule has 0 heterocycles. The van der Waals surface area contributed by atoms with Crippen LogP contribution < -0.4 is 0 Å². The molecule has 2 aromatic carbocycles. The van der Waals surface area contributed by atoms with E-state index in [2.05, 4.69) is 0 Å². The minimum Gasteiger partial charge on any atom is -0.394 e. The lowest BCUT2D eigenvalue weighted by molar-refractivity contribution is -0.230. The second-order valence-corrected chi connectivity index (χ2v) is 8.44. The van der Waals surface area contributed by atoms with E-state index in [-0.39, 0.29) is 6.42 Å². The van der Waals surface area contributed by atoms with Crippen molar-refractivity contribution < 1.29 is 57.0 Å². The third-order valence-corrected chi connectivity index (χ3v) is 5.95. The van der Waals surface area contributed by atoms with Gasteiger partial charge in [0.05, 0.1) is 12.2 Å². The van der Waals surface area contributed by atoms with Crippen molar-refractivity contribution in [2.75, 3.05) is 6.61 Å². The summed E-state index contributed by atoms with van der Waals surface area (Å²) in [5.41, 5.74) is -8.34. The van der Waals surface area contributed by atoms with Crippen LogP contribution in [0.5, 0.6) is 0 Å². The van der Waals surface area contributed by atoms with Crippen LogP contribution in [0.15, 0.2) is 24.3 Å². The molecule has 0 fully saturated rings. The van der Waals surface area contributed by atoms with Gasteiger partial charge in [-0.15, -0.1) is 0 Å². The zero-order valence-corrected chi connectivity index (χ0v) is 18.5. The van der Waals surface area contributed by atoms with Crippen LogP contribution >= 0.6 is 0 Å². The van der Waals surface area contributed by atoms with Crippen LogP contribution in [0.2, 0.25) is 0 Å². The van der Waals surface area contributed by atoms with Crippen LogP contribution in [0.4, 0.5) is 26.3 Å². The van der Waals surface area contributed by atoms with E-state index >= 15 is 0 Å². The minimum atomic E-state index is -3.32. The molecule has 0 saturated carbocycles. The maximum Gasteiger partial charge on any atom is 0.165 e. The molecule has 5 atom stereocenters. The molecule has 2 aromatic rings. The maximum absolute atomic E-state index is 14.3. The molecule has 0 amide bonds. The number of benzene rings is 2. The zero-order chi connectivity index (χ0) is 26.7. The summed E-state index contributed by atoms with van der Waals surface area (Å²) in [6.07, 6.45) is -10.8. The SMILES string of the molecule is CCCC(O)(Cc1c(F)ccc(F)c1F)[C@@H](O)[C@@](O)(Cc1c(F)ccc(F)c1F)[C@H](O)[C@@H](O)CO. The summed E-state index contributed by atoms with van der Waals surface area (Å²) in [6, 6.07) is 1.91. The molecule has 12 heteroatoms. The second-order valence-electron chi connectivity index (χ2n) is 8.44. The molecule has 0 bridgehead atoms. The molecule has 0 saturated heterocycles. The molecule has 35 heavy (non-hydrogen) atoms. The Bertz CT molecular complexity index is 1040. The predicted octanol–water partition coefficient (Wildman–Crippen LogP) is 1.64. The number of hydrogen-bond acceptors (Lipinski definition) is 6. The van der Waals surface area contributed by atoms with E-state index in [0.717, 1.165) is 0 Å². The number of aliphatic hydroxyl groups is 6. The summed E-state index contributed by atoms with van der Waals surface area (Å²) in [4.78, 5) is 0. The molecule has 2 rings (SSSR count). The molecule has 0 aliphatic carbocycles. The Morgan fingerprint density at radius 3 is 1.60 bits per heavy atom. The summed E-state index contributed by atoms with van der Waals surface area (Å²) in [5.74, 6) is -9.35. The van der Waals surface area contributed by atoms with Crippen molar-refractivity contribution in [3.8, 4) is 0 Å². The van der Waals surface area contributed by atoms with E-state index in [1.54, 1.807) is 0 Å². The zero-order valence-electron chi connectivity index (χ0n) is 18.5. The van der Waals surface area contributed by atoms with Crippen molar-refractivity contribution in [1.82, 2.24) is 0 Å². The van der Waals surface area contributed by atoms with E-state index < -0.39 is 101 Å². The van der Waals surface area contributed by atoms with Gasteiger partial charge in [-0.25, -0.2) is 26.3 Å². The van der Waals surface area contributed by atoms with E-state index in [0.29, 0.717) is 24.3 Å². The standard InChI is InChI=1S/C23H26F6O6/c1-2-7-22(34,8-11-13(24)3-5-15(26)18(11)28)21(33)23(35,20(32)17(31)10-30)9-12-14(25)4-6-16(27)19(12)29/h3-6,17,20-21,30-35H,2,7-10H2,1H3/t17-,20+,21+,22?,23+/m0/s1. The molecule has 1 unspecified atom stereocenters. The summed E-state index contributed by atoms with van der Waals surface area (Å²) in [7, 11) is 0. The highest BCUT2D eigenvalue weighted by molar-refractivity contribution is 5.27. The van der Waals surface area contributed by atoms with Crippen molar-refractivity contribution >= 4 is 0 Å². The van der Waals surface area contributed by atoms with Crippen LogP contribution in [0.1, 0.15) is 30.9 Å². The van der Waals surface area contributed by atoms with Crippen LogP contribution in [-0.2, 0) is 12.8 Å². The minimum absolute atomic E-state index is 0.0243. The Hall–Kier alpha value is -2.22. The summed E-state index contributed by atoms with van der Waals surface area (Å²) < 4.78 is 84.6. The Morgan fingerprint density at radius 2 is 1.17 bits per heavy atom. The normalized spacial score (nSPS) is 18.0. The van der Waals surface area contributed by atoms with Gasteiger partial charge in [-0.3, -0.25) is 0 Å². The summed E-state index contributed by atoms with van der Waals surface area (Å²) in [5, 5.41) is 63.1. The number of aliphatic hydroxyl groups excluding tert-OH is 4. The molecular weight excluding hydrogens is 486 g/mol.